The molecule has 2 rings (SSSR count). The molecule has 1 N–H and O–H groups in total. The predicted molar refractivity (Wildman–Crippen MR) is 73.0 cm³/mol. The maximum atomic E-state index is 5.82. The lowest BCUT2D eigenvalue weighted by atomic mass is 10.1. The summed E-state index contributed by atoms with van der Waals surface area (Å²) < 4.78 is 5.72. The van der Waals surface area contributed by atoms with E-state index in [1.807, 2.05) is 49.6 Å². The Balaban J connectivity index is 1.97. The van der Waals surface area contributed by atoms with E-state index in [1.54, 1.807) is 6.20 Å². The third-order valence-electron chi connectivity index (χ3n) is 2.67. The zero-order valence-electron chi connectivity index (χ0n) is 10.1. The number of hydrogen-bond donors (Lipinski definition) is 1. The molecule has 0 spiro atoms. The number of pyridine rings is 1. The Bertz CT molecular complexity index is 473. The third kappa shape index (κ3) is 3.45. The highest BCUT2D eigenvalue weighted by Crippen LogP contribution is 2.18. The molecule has 4 heteroatoms. The fourth-order valence-electron chi connectivity index (χ4n) is 1.64. The smallest absolute Gasteiger partial charge is 0.119 e. The molecule has 0 aliphatic heterocycles. The summed E-state index contributed by atoms with van der Waals surface area (Å²) in [5, 5.41) is 3.92. The van der Waals surface area contributed by atoms with Crippen LogP contribution in [0.2, 0.25) is 5.02 Å². The molecule has 2 aromatic rings. The highest BCUT2D eigenvalue weighted by Gasteiger charge is 2.09. The second-order valence-corrected chi connectivity index (χ2v) is 4.33. The van der Waals surface area contributed by atoms with Gasteiger partial charge in [0, 0.05) is 17.4 Å². The fourth-order valence-corrected chi connectivity index (χ4v) is 1.76. The summed E-state index contributed by atoms with van der Waals surface area (Å²) in [5.41, 5.74) is 1.11. The van der Waals surface area contributed by atoms with E-state index in [2.05, 4.69) is 10.3 Å². The van der Waals surface area contributed by atoms with Crippen LogP contribution in [0, 0.1) is 0 Å². The summed E-state index contributed by atoms with van der Waals surface area (Å²) in [4.78, 5) is 4.11. The Kier molecular flexibility index (Phi) is 4.56. The molecule has 1 atom stereocenters. The molecule has 18 heavy (non-hydrogen) atoms. The van der Waals surface area contributed by atoms with Crippen molar-refractivity contribution in [2.75, 3.05) is 13.7 Å². The number of benzene rings is 1. The summed E-state index contributed by atoms with van der Waals surface area (Å²) in [5.74, 6) is 0.809. The number of halogens is 1. The van der Waals surface area contributed by atoms with Gasteiger partial charge >= 0.3 is 0 Å². The molecule has 1 heterocycles. The van der Waals surface area contributed by atoms with E-state index < -0.39 is 0 Å². The van der Waals surface area contributed by atoms with Gasteiger partial charge in [-0.15, -0.1) is 0 Å². The minimum Gasteiger partial charge on any atom is -0.492 e. The lowest BCUT2D eigenvalue weighted by Gasteiger charge is -2.17. The first-order valence-corrected chi connectivity index (χ1v) is 6.13. The van der Waals surface area contributed by atoms with Crippen molar-refractivity contribution in [3.8, 4) is 5.75 Å². The van der Waals surface area contributed by atoms with Crippen LogP contribution in [0.5, 0.6) is 5.75 Å². The zero-order valence-corrected chi connectivity index (χ0v) is 10.9. The SMILES string of the molecule is CNC(COc1ccc(Cl)cc1)c1cccnc1. The summed E-state index contributed by atoms with van der Waals surface area (Å²) in [6.07, 6.45) is 3.60. The Hall–Kier alpha value is -1.58. The largest absolute Gasteiger partial charge is 0.492 e. The van der Waals surface area contributed by atoms with Gasteiger partial charge in [-0.25, -0.2) is 0 Å². The van der Waals surface area contributed by atoms with Gasteiger partial charge in [0.05, 0.1) is 6.04 Å². The second kappa shape index (κ2) is 6.38. The fraction of sp³-hybridized carbons (Fsp3) is 0.214. The van der Waals surface area contributed by atoms with Crippen LogP contribution in [0.4, 0.5) is 0 Å². The van der Waals surface area contributed by atoms with Gasteiger partial charge in [0.25, 0.3) is 0 Å². The van der Waals surface area contributed by atoms with E-state index in [4.69, 9.17) is 16.3 Å². The van der Waals surface area contributed by atoms with Gasteiger partial charge in [0.15, 0.2) is 0 Å². The van der Waals surface area contributed by atoms with Crippen LogP contribution in [-0.2, 0) is 0 Å². The van der Waals surface area contributed by atoms with Crippen molar-refractivity contribution < 1.29 is 4.74 Å². The van der Waals surface area contributed by atoms with Crippen LogP contribution in [-0.4, -0.2) is 18.6 Å². The van der Waals surface area contributed by atoms with Gasteiger partial charge < -0.3 is 10.1 Å². The molecule has 1 aromatic carbocycles. The highest BCUT2D eigenvalue weighted by atomic mass is 35.5. The number of ether oxygens (including phenoxy) is 1. The zero-order chi connectivity index (χ0) is 12.8. The normalized spacial score (nSPS) is 12.1. The van der Waals surface area contributed by atoms with Gasteiger partial charge in [-0.2, -0.15) is 0 Å². The quantitative estimate of drug-likeness (QED) is 0.899. The lowest BCUT2D eigenvalue weighted by molar-refractivity contribution is 0.273. The van der Waals surface area contributed by atoms with Crippen molar-refractivity contribution in [3.63, 3.8) is 0 Å². The molecule has 0 saturated carbocycles. The van der Waals surface area contributed by atoms with E-state index in [1.165, 1.54) is 0 Å². The molecule has 1 aromatic heterocycles. The van der Waals surface area contributed by atoms with Crippen molar-refractivity contribution in [1.29, 1.82) is 0 Å². The van der Waals surface area contributed by atoms with E-state index in [-0.39, 0.29) is 6.04 Å². The van der Waals surface area contributed by atoms with Crippen LogP contribution in [0.3, 0.4) is 0 Å². The van der Waals surface area contributed by atoms with Gasteiger partial charge in [-0.1, -0.05) is 17.7 Å². The monoisotopic (exact) mass is 262 g/mol. The molecule has 0 fully saturated rings. The van der Waals surface area contributed by atoms with Gasteiger partial charge in [0.1, 0.15) is 12.4 Å². The number of aromatic nitrogens is 1. The summed E-state index contributed by atoms with van der Waals surface area (Å²) >= 11 is 5.82. The van der Waals surface area contributed by atoms with Crippen LogP contribution in [0.1, 0.15) is 11.6 Å². The first-order valence-electron chi connectivity index (χ1n) is 5.75. The van der Waals surface area contributed by atoms with Gasteiger partial charge in [-0.3, -0.25) is 4.98 Å². The molecule has 3 nitrogen and oxygen atoms in total. The van der Waals surface area contributed by atoms with Crippen molar-refractivity contribution in [3.05, 3.63) is 59.4 Å². The van der Waals surface area contributed by atoms with Crippen LogP contribution >= 0.6 is 11.6 Å². The van der Waals surface area contributed by atoms with Gasteiger partial charge in [-0.05, 0) is 42.9 Å². The molecule has 94 valence electrons. The topological polar surface area (TPSA) is 34.1 Å². The van der Waals surface area contributed by atoms with Crippen LogP contribution in [0.15, 0.2) is 48.8 Å². The standard InChI is InChI=1S/C14H15ClN2O/c1-16-14(11-3-2-8-17-9-11)10-18-13-6-4-12(15)5-7-13/h2-9,14,16H,10H2,1H3. The molecule has 0 aliphatic rings. The number of rotatable bonds is 5. The van der Waals surface area contributed by atoms with Crippen molar-refractivity contribution in [2.24, 2.45) is 0 Å². The van der Waals surface area contributed by atoms with Crippen molar-refractivity contribution >= 4 is 11.6 Å². The highest BCUT2D eigenvalue weighted by molar-refractivity contribution is 6.30. The first kappa shape index (κ1) is 12.9. The lowest BCUT2D eigenvalue weighted by Crippen LogP contribution is -2.23. The van der Waals surface area contributed by atoms with E-state index in [0.717, 1.165) is 11.3 Å². The minimum atomic E-state index is 0.120. The van der Waals surface area contributed by atoms with Crippen molar-refractivity contribution in [1.82, 2.24) is 10.3 Å². The molecule has 0 bridgehead atoms. The Morgan fingerprint density at radius 2 is 2.06 bits per heavy atom. The third-order valence-corrected chi connectivity index (χ3v) is 2.92. The molecule has 1 unspecified atom stereocenters. The van der Waals surface area contributed by atoms with E-state index >= 15 is 0 Å². The summed E-state index contributed by atoms with van der Waals surface area (Å²) in [6, 6.07) is 11.4. The number of nitrogens with one attached hydrogen (secondary N) is 1. The maximum absolute atomic E-state index is 5.82. The van der Waals surface area contributed by atoms with Crippen molar-refractivity contribution in [2.45, 2.75) is 6.04 Å². The number of nitrogens with zero attached hydrogens (tertiary/aromatic N) is 1. The van der Waals surface area contributed by atoms with E-state index in [0.29, 0.717) is 11.6 Å². The van der Waals surface area contributed by atoms with Gasteiger partial charge in [0.2, 0.25) is 0 Å². The molecule has 0 amide bonds. The average Bonchev–Trinajstić information content (AvgIpc) is 2.43. The Labute approximate surface area is 112 Å². The Morgan fingerprint density at radius 1 is 1.28 bits per heavy atom. The summed E-state index contributed by atoms with van der Waals surface area (Å²) in [7, 11) is 1.91. The average molecular weight is 263 g/mol. The summed E-state index contributed by atoms with van der Waals surface area (Å²) in [6.45, 7) is 0.545. The van der Waals surface area contributed by atoms with E-state index in [9.17, 15) is 0 Å². The molecule has 0 aliphatic carbocycles. The molecule has 0 saturated heterocycles. The predicted octanol–water partition coefficient (Wildman–Crippen LogP) is 3.07. The molecule has 0 radical (unpaired) electrons. The Morgan fingerprint density at radius 3 is 2.67 bits per heavy atom. The minimum absolute atomic E-state index is 0.120. The molecular weight excluding hydrogens is 248 g/mol. The molecular formula is C14H15ClN2O. The second-order valence-electron chi connectivity index (χ2n) is 3.89. The first-order chi connectivity index (χ1) is 8.79. The maximum Gasteiger partial charge on any atom is 0.119 e. The number of likely N-dealkylation sites (N-methyl/N-ethyl adjacent to an activating group) is 1. The van der Waals surface area contributed by atoms with Crippen LogP contribution in [0.25, 0.3) is 0 Å². The van der Waals surface area contributed by atoms with Crippen LogP contribution < -0.4 is 10.1 Å². The number of hydrogen-bond acceptors (Lipinski definition) is 3.